The van der Waals surface area contributed by atoms with Gasteiger partial charge < -0.3 is 42.7 Å². The van der Waals surface area contributed by atoms with Crippen LogP contribution in [0.3, 0.4) is 0 Å². The fourth-order valence-corrected chi connectivity index (χ4v) is 1.97. The second kappa shape index (κ2) is 12.2. The van der Waals surface area contributed by atoms with Gasteiger partial charge >= 0.3 is 11.9 Å². The minimum absolute atomic E-state index is 0.295. The SMILES string of the molecule is CC(NC(=O)C(N)CC(=O)O)C(=O)NC(CO)C(=O)NC(CCC(N)=O)C(=O)O. The van der Waals surface area contributed by atoms with Crippen LogP contribution in [0.4, 0.5) is 0 Å². The number of carboxylic acid groups (broad SMARTS) is 2. The van der Waals surface area contributed by atoms with E-state index in [1.54, 1.807) is 0 Å². The zero-order valence-corrected chi connectivity index (χ0v) is 15.6. The Bertz CT molecular complexity index is 654. The molecule has 0 bridgehead atoms. The van der Waals surface area contributed by atoms with Gasteiger partial charge in [-0.25, -0.2) is 4.79 Å². The van der Waals surface area contributed by atoms with Gasteiger partial charge in [-0.15, -0.1) is 0 Å². The van der Waals surface area contributed by atoms with E-state index in [1.807, 2.05) is 0 Å². The number of carboxylic acids is 2. The Kier molecular flexibility index (Phi) is 10.9. The number of aliphatic carboxylic acids is 2. The molecule has 0 saturated carbocycles. The maximum absolute atomic E-state index is 12.1. The van der Waals surface area contributed by atoms with E-state index in [0.29, 0.717) is 0 Å². The van der Waals surface area contributed by atoms with E-state index in [0.717, 1.165) is 0 Å². The van der Waals surface area contributed by atoms with Crippen molar-refractivity contribution in [3.8, 4) is 0 Å². The van der Waals surface area contributed by atoms with Gasteiger partial charge in [0.1, 0.15) is 18.1 Å². The van der Waals surface area contributed by atoms with Crippen molar-refractivity contribution < 1.29 is 44.1 Å². The van der Waals surface area contributed by atoms with Crippen LogP contribution < -0.4 is 27.4 Å². The first-order valence-corrected chi connectivity index (χ1v) is 8.39. The average Bonchev–Trinajstić information content (AvgIpc) is 2.61. The van der Waals surface area contributed by atoms with Gasteiger partial charge in [0.2, 0.25) is 23.6 Å². The van der Waals surface area contributed by atoms with Crippen molar-refractivity contribution in [2.24, 2.45) is 11.5 Å². The molecule has 14 nitrogen and oxygen atoms in total. The lowest BCUT2D eigenvalue weighted by Gasteiger charge is -2.22. The number of nitrogens with two attached hydrogens (primary N) is 2. The number of rotatable bonds is 13. The molecule has 0 aliphatic heterocycles. The van der Waals surface area contributed by atoms with Crippen LogP contribution in [-0.2, 0) is 28.8 Å². The highest BCUT2D eigenvalue weighted by Gasteiger charge is 2.28. The number of primary amides is 1. The van der Waals surface area contributed by atoms with E-state index >= 15 is 0 Å². The summed E-state index contributed by atoms with van der Waals surface area (Å²) in [4.78, 5) is 68.3. The third-order valence-corrected chi connectivity index (χ3v) is 3.59. The highest BCUT2D eigenvalue weighted by molar-refractivity contribution is 5.94. The molecule has 0 spiro atoms. The summed E-state index contributed by atoms with van der Waals surface area (Å²) in [5, 5.41) is 33.2. The van der Waals surface area contributed by atoms with E-state index in [4.69, 9.17) is 21.7 Å². The molecule has 4 amide bonds. The molecule has 0 aromatic carbocycles. The molecule has 10 N–H and O–H groups in total. The zero-order chi connectivity index (χ0) is 22.7. The van der Waals surface area contributed by atoms with Gasteiger partial charge in [0, 0.05) is 6.42 Å². The largest absolute Gasteiger partial charge is 0.481 e. The van der Waals surface area contributed by atoms with Crippen molar-refractivity contribution in [3.05, 3.63) is 0 Å². The summed E-state index contributed by atoms with van der Waals surface area (Å²) < 4.78 is 0. The normalized spacial score (nSPS) is 14.6. The number of hydrogen-bond acceptors (Lipinski definition) is 8. The Morgan fingerprint density at radius 2 is 1.45 bits per heavy atom. The van der Waals surface area contributed by atoms with Crippen molar-refractivity contribution in [1.29, 1.82) is 0 Å². The number of aliphatic hydroxyl groups is 1. The molecule has 0 aliphatic rings. The summed E-state index contributed by atoms with van der Waals surface area (Å²) in [7, 11) is 0. The van der Waals surface area contributed by atoms with Crippen molar-refractivity contribution >= 4 is 35.6 Å². The molecular weight excluding hydrogens is 394 g/mol. The summed E-state index contributed by atoms with van der Waals surface area (Å²) in [5.41, 5.74) is 10.3. The lowest BCUT2D eigenvalue weighted by molar-refractivity contribution is -0.143. The smallest absolute Gasteiger partial charge is 0.326 e. The van der Waals surface area contributed by atoms with Crippen LogP contribution in [0.15, 0.2) is 0 Å². The Balaban J connectivity index is 4.84. The van der Waals surface area contributed by atoms with Gasteiger partial charge in [0.15, 0.2) is 0 Å². The minimum Gasteiger partial charge on any atom is -0.481 e. The van der Waals surface area contributed by atoms with E-state index in [9.17, 15) is 33.9 Å². The molecular formula is C15H25N5O9. The monoisotopic (exact) mass is 419 g/mol. The van der Waals surface area contributed by atoms with Crippen molar-refractivity contribution in [2.45, 2.75) is 50.4 Å². The highest BCUT2D eigenvalue weighted by atomic mass is 16.4. The zero-order valence-electron chi connectivity index (χ0n) is 15.6. The summed E-state index contributed by atoms with van der Waals surface area (Å²) in [6.07, 6.45) is -1.27. The predicted octanol–water partition coefficient (Wildman–Crippen LogP) is -4.39. The molecule has 0 aromatic heterocycles. The van der Waals surface area contributed by atoms with Crippen LogP contribution in [0.2, 0.25) is 0 Å². The molecule has 0 fully saturated rings. The molecule has 0 radical (unpaired) electrons. The van der Waals surface area contributed by atoms with Gasteiger partial charge in [-0.1, -0.05) is 0 Å². The summed E-state index contributed by atoms with van der Waals surface area (Å²) in [5.74, 6) is -6.42. The Morgan fingerprint density at radius 3 is 1.90 bits per heavy atom. The Hall–Kier alpha value is -3.26. The number of aliphatic hydroxyl groups excluding tert-OH is 1. The first kappa shape index (κ1) is 25.7. The molecule has 0 rings (SSSR count). The molecule has 4 atom stereocenters. The van der Waals surface area contributed by atoms with Crippen molar-refractivity contribution in [2.75, 3.05) is 6.61 Å². The number of nitrogens with one attached hydrogen (secondary N) is 3. The van der Waals surface area contributed by atoms with Gasteiger partial charge in [-0.2, -0.15) is 0 Å². The minimum atomic E-state index is -1.55. The second-order valence-corrected chi connectivity index (χ2v) is 6.08. The van der Waals surface area contributed by atoms with E-state index < -0.39 is 72.8 Å². The quantitative estimate of drug-likeness (QED) is 0.142. The predicted molar refractivity (Wildman–Crippen MR) is 94.8 cm³/mol. The number of carbonyl (C=O) groups excluding carboxylic acids is 4. The lowest BCUT2D eigenvalue weighted by atomic mass is 10.1. The summed E-state index contributed by atoms with van der Waals surface area (Å²) in [6.45, 7) is 0.332. The molecule has 29 heavy (non-hydrogen) atoms. The fraction of sp³-hybridized carbons (Fsp3) is 0.600. The summed E-state index contributed by atoms with van der Waals surface area (Å²) >= 11 is 0. The van der Waals surface area contributed by atoms with Gasteiger partial charge in [-0.05, 0) is 13.3 Å². The van der Waals surface area contributed by atoms with E-state index in [2.05, 4.69) is 16.0 Å². The van der Waals surface area contributed by atoms with Crippen LogP contribution in [0.1, 0.15) is 26.2 Å². The Morgan fingerprint density at radius 1 is 0.897 bits per heavy atom. The first-order valence-electron chi connectivity index (χ1n) is 8.39. The second-order valence-electron chi connectivity index (χ2n) is 6.08. The van der Waals surface area contributed by atoms with Gasteiger partial charge in [0.05, 0.1) is 19.1 Å². The molecule has 4 unspecified atom stereocenters. The van der Waals surface area contributed by atoms with E-state index in [-0.39, 0.29) is 12.8 Å². The average molecular weight is 419 g/mol. The van der Waals surface area contributed by atoms with Crippen molar-refractivity contribution in [3.63, 3.8) is 0 Å². The third-order valence-electron chi connectivity index (χ3n) is 3.59. The number of carbonyl (C=O) groups is 6. The van der Waals surface area contributed by atoms with Crippen LogP contribution in [0, 0.1) is 0 Å². The fourth-order valence-electron chi connectivity index (χ4n) is 1.97. The van der Waals surface area contributed by atoms with Gasteiger partial charge in [0.25, 0.3) is 0 Å². The lowest BCUT2D eigenvalue weighted by Crippen LogP contribution is -2.57. The van der Waals surface area contributed by atoms with Gasteiger partial charge in [-0.3, -0.25) is 24.0 Å². The van der Waals surface area contributed by atoms with E-state index in [1.165, 1.54) is 6.92 Å². The number of hydrogen-bond donors (Lipinski definition) is 8. The molecule has 0 aliphatic carbocycles. The standard InChI is InChI=1S/C15H25N5O9/c1-6(18-13(26)7(16)4-11(23)24)12(25)20-9(5-21)14(27)19-8(15(28)29)2-3-10(17)22/h6-9,21H,2-5,16H2,1H3,(H2,17,22)(H,18,26)(H,19,27)(H,20,25)(H,23,24)(H,28,29). The van der Waals surface area contributed by atoms with Crippen LogP contribution >= 0.6 is 0 Å². The highest BCUT2D eigenvalue weighted by Crippen LogP contribution is 1.99. The van der Waals surface area contributed by atoms with Crippen LogP contribution in [0.5, 0.6) is 0 Å². The topological polar surface area (TPSA) is 251 Å². The molecule has 164 valence electrons. The first-order chi connectivity index (χ1) is 13.4. The summed E-state index contributed by atoms with van der Waals surface area (Å²) in [6, 6.07) is -5.67. The third kappa shape index (κ3) is 10.0. The molecule has 0 heterocycles. The Labute approximate surface area is 165 Å². The van der Waals surface area contributed by atoms with Crippen LogP contribution in [-0.4, -0.2) is 81.7 Å². The maximum Gasteiger partial charge on any atom is 0.326 e. The maximum atomic E-state index is 12.1. The molecule has 0 saturated heterocycles. The number of amides is 4. The molecule has 14 heteroatoms. The molecule has 0 aromatic rings. The van der Waals surface area contributed by atoms with Crippen LogP contribution in [0.25, 0.3) is 0 Å². The van der Waals surface area contributed by atoms with Crippen molar-refractivity contribution in [1.82, 2.24) is 16.0 Å².